The number of pyridine rings is 1. The lowest BCUT2D eigenvalue weighted by atomic mass is 9.96. The molecule has 3 rings (SSSR count). The van der Waals surface area contributed by atoms with E-state index in [4.69, 9.17) is 11.6 Å². The topological polar surface area (TPSA) is 71.0 Å². The highest BCUT2D eigenvalue weighted by Gasteiger charge is 2.25. The van der Waals surface area contributed by atoms with Crippen LogP contribution in [0, 0.1) is 5.92 Å². The molecule has 1 aliphatic rings. The Balaban J connectivity index is 1.42. The Labute approximate surface area is 146 Å². The summed E-state index contributed by atoms with van der Waals surface area (Å²) in [5, 5.41) is 3.55. The molecule has 1 aliphatic heterocycles. The summed E-state index contributed by atoms with van der Waals surface area (Å²) in [6, 6.07) is 5.82. The second-order valence-electron chi connectivity index (χ2n) is 5.82. The molecule has 0 spiro atoms. The van der Waals surface area contributed by atoms with Gasteiger partial charge in [0, 0.05) is 43.9 Å². The van der Waals surface area contributed by atoms with Crippen molar-refractivity contribution in [1.29, 1.82) is 0 Å². The molecule has 7 heteroatoms. The van der Waals surface area contributed by atoms with E-state index in [9.17, 15) is 4.79 Å². The van der Waals surface area contributed by atoms with Crippen LogP contribution in [0.25, 0.3) is 0 Å². The van der Waals surface area contributed by atoms with E-state index < -0.39 is 0 Å². The van der Waals surface area contributed by atoms with E-state index in [1.807, 2.05) is 18.2 Å². The van der Waals surface area contributed by atoms with Crippen molar-refractivity contribution in [3.63, 3.8) is 0 Å². The van der Waals surface area contributed by atoms with Gasteiger partial charge < -0.3 is 10.2 Å². The maximum absolute atomic E-state index is 12.3. The maximum Gasteiger partial charge on any atom is 0.225 e. The molecule has 3 heterocycles. The van der Waals surface area contributed by atoms with E-state index in [1.165, 1.54) is 0 Å². The molecule has 1 N–H and O–H groups in total. The van der Waals surface area contributed by atoms with E-state index in [1.54, 1.807) is 18.6 Å². The number of carbonyl (C=O) groups is 1. The number of hydrogen-bond acceptors (Lipinski definition) is 5. The summed E-state index contributed by atoms with van der Waals surface area (Å²) in [6.07, 6.45) is 7.33. The Hall–Kier alpha value is -2.21. The Morgan fingerprint density at radius 1 is 1.21 bits per heavy atom. The van der Waals surface area contributed by atoms with Gasteiger partial charge in [0.05, 0.1) is 17.4 Å². The lowest BCUT2D eigenvalue weighted by molar-refractivity contribution is -0.125. The number of piperidine rings is 1. The highest BCUT2D eigenvalue weighted by molar-refractivity contribution is 6.30. The second-order valence-corrected chi connectivity index (χ2v) is 6.26. The van der Waals surface area contributed by atoms with Crippen LogP contribution in [0.1, 0.15) is 18.5 Å². The Bertz CT molecular complexity index is 656. The molecule has 0 atom stereocenters. The summed E-state index contributed by atoms with van der Waals surface area (Å²) in [7, 11) is 0. The van der Waals surface area contributed by atoms with Gasteiger partial charge in [-0.15, -0.1) is 0 Å². The van der Waals surface area contributed by atoms with Gasteiger partial charge >= 0.3 is 0 Å². The minimum absolute atomic E-state index is 0.0530. The van der Waals surface area contributed by atoms with Crippen LogP contribution in [0.4, 0.5) is 5.95 Å². The van der Waals surface area contributed by atoms with Gasteiger partial charge in [0.15, 0.2) is 0 Å². The number of rotatable bonds is 5. The fraction of sp³-hybridized carbons (Fsp3) is 0.412. The van der Waals surface area contributed by atoms with Crippen molar-refractivity contribution in [2.75, 3.05) is 24.5 Å². The van der Waals surface area contributed by atoms with Crippen LogP contribution in [-0.2, 0) is 11.2 Å². The number of carbonyl (C=O) groups excluding carboxylic acids is 1. The number of hydrogen-bond donors (Lipinski definition) is 1. The average molecular weight is 346 g/mol. The van der Waals surface area contributed by atoms with Crippen molar-refractivity contribution in [1.82, 2.24) is 20.3 Å². The van der Waals surface area contributed by atoms with Crippen molar-refractivity contribution in [2.45, 2.75) is 19.3 Å². The highest BCUT2D eigenvalue weighted by Crippen LogP contribution is 2.21. The molecule has 24 heavy (non-hydrogen) atoms. The van der Waals surface area contributed by atoms with Crippen LogP contribution in [0.5, 0.6) is 0 Å². The molecule has 0 bridgehead atoms. The smallest absolute Gasteiger partial charge is 0.225 e. The molecule has 0 aliphatic carbocycles. The molecule has 1 amide bonds. The minimum atomic E-state index is 0.0530. The first-order valence-electron chi connectivity index (χ1n) is 8.12. The van der Waals surface area contributed by atoms with Crippen LogP contribution in [-0.4, -0.2) is 40.5 Å². The molecular formula is C17H20ClN5O. The summed E-state index contributed by atoms with van der Waals surface area (Å²) < 4.78 is 0. The minimum Gasteiger partial charge on any atom is -0.355 e. The zero-order chi connectivity index (χ0) is 16.8. The van der Waals surface area contributed by atoms with E-state index in [-0.39, 0.29) is 11.8 Å². The van der Waals surface area contributed by atoms with E-state index in [0.717, 1.165) is 38.0 Å². The summed E-state index contributed by atoms with van der Waals surface area (Å²) in [5.41, 5.74) is 0.993. The largest absolute Gasteiger partial charge is 0.355 e. The molecule has 2 aromatic heterocycles. The van der Waals surface area contributed by atoms with Crippen LogP contribution >= 0.6 is 11.6 Å². The fourth-order valence-electron chi connectivity index (χ4n) is 2.81. The molecule has 1 saturated heterocycles. The number of aromatic nitrogens is 3. The van der Waals surface area contributed by atoms with Crippen molar-refractivity contribution < 1.29 is 4.79 Å². The van der Waals surface area contributed by atoms with Gasteiger partial charge in [0.1, 0.15) is 0 Å². The summed E-state index contributed by atoms with van der Waals surface area (Å²) in [5.74, 6) is 0.855. The van der Waals surface area contributed by atoms with Crippen LogP contribution < -0.4 is 10.2 Å². The molecule has 0 saturated carbocycles. The van der Waals surface area contributed by atoms with Crippen LogP contribution in [0.2, 0.25) is 5.02 Å². The predicted octanol–water partition coefficient (Wildman–Crippen LogP) is 2.10. The van der Waals surface area contributed by atoms with Crippen molar-refractivity contribution in [2.24, 2.45) is 5.92 Å². The second kappa shape index (κ2) is 8.06. The highest BCUT2D eigenvalue weighted by atomic mass is 35.5. The first-order valence-corrected chi connectivity index (χ1v) is 8.50. The lowest BCUT2D eigenvalue weighted by Gasteiger charge is -2.31. The van der Waals surface area contributed by atoms with E-state index >= 15 is 0 Å². The van der Waals surface area contributed by atoms with Gasteiger partial charge in [0.25, 0.3) is 0 Å². The number of nitrogens with zero attached hydrogens (tertiary/aromatic N) is 4. The van der Waals surface area contributed by atoms with Gasteiger partial charge in [-0.05, 0) is 25.0 Å². The quantitative estimate of drug-likeness (QED) is 0.898. The Morgan fingerprint density at radius 3 is 2.62 bits per heavy atom. The third kappa shape index (κ3) is 4.41. The first-order chi connectivity index (χ1) is 11.7. The van der Waals surface area contributed by atoms with E-state index in [2.05, 4.69) is 25.2 Å². The molecule has 0 aromatic carbocycles. The van der Waals surface area contributed by atoms with Gasteiger partial charge in [-0.25, -0.2) is 9.97 Å². The summed E-state index contributed by atoms with van der Waals surface area (Å²) >= 11 is 5.81. The normalized spacial score (nSPS) is 15.3. The van der Waals surface area contributed by atoms with Crippen LogP contribution in [0.3, 0.4) is 0 Å². The fourth-order valence-corrected chi connectivity index (χ4v) is 2.91. The van der Waals surface area contributed by atoms with Gasteiger partial charge in [-0.3, -0.25) is 9.78 Å². The SMILES string of the molecule is O=C(NCCc1ccccn1)C1CCN(c2ncc(Cl)cn2)CC1. The number of halogens is 1. The molecule has 0 radical (unpaired) electrons. The molecular weight excluding hydrogens is 326 g/mol. The zero-order valence-corrected chi connectivity index (χ0v) is 14.1. The standard InChI is InChI=1S/C17H20ClN5O/c18-14-11-21-17(22-12-14)23-9-5-13(6-10-23)16(24)20-8-4-15-3-1-2-7-19-15/h1-3,7,11-13H,4-6,8-10H2,(H,20,24). The van der Waals surface area contributed by atoms with E-state index in [0.29, 0.717) is 17.5 Å². The lowest BCUT2D eigenvalue weighted by Crippen LogP contribution is -2.41. The molecule has 1 fully saturated rings. The van der Waals surface area contributed by atoms with Gasteiger partial charge in [-0.2, -0.15) is 0 Å². The zero-order valence-electron chi connectivity index (χ0n) is 13.4. The Morgan fingerprint density at radius 2 is 1.96 bits per heavy atom. The van der Waals surface area contributed by atoms with Crippen molar-refractivity contribution >= 4 is 23.5 Å². The predicted molar refractivity (Wildman–Crippen MR) is 92.9 cm³/mol. The Kier molecular flexibility index (Phi) is 5.59. The van der Waals surface area contributed by atoms with Gasteiger partial charge in [0.2, 0.25) is 11.9 Å². The molecule has 6 nitrogen and oxygen atoms in total. The third-order valence-corrected chi connectivity index (χ3v) is 4.36. The maximum atomic E-state index is 12.3. The third-order valence-electron chi connectivity index (χ3n) is 4.16. The molecule has 2 aromatic rings. The summed E-state index contributed by atoms with van der Waals surface area (Å²) in [4.78, 5) is 27.1. The van der Waals surface area contributed by atoms with Crippen LogP contribution in [0.15, 0.2) is 36.8 Å². The first kappa shape index (κ1) is 16.6. The number of amides is 1. The summed E-state index contributed by atoms with van der Waals surface area (Å²) in [6.45, 7) is 2.18. The van der Waals surface area contributed by atoms with Crippen molar-refractivity contribution in [3.8, 4) is 0 Å². The molecule has 126 valence electrons. The number of anilines is 1. The van der Waals surface area contributed by atoms with Gasteiger partial charge in [-0.1, -0.05) is 17.7 Å². The molecule has 0 unspecified atom stereocenters. The van der Waals surface area contributed by atoms with Crippen molar-refractivity contribution in [3.05, 3.63) is 47.5 Å². The number of nitrogens with one attached hydrogen (secondary N) is 1. The monoisotopic (exact) mass is 345 g/mol. The average Bonchev–Trinajstić information content (AvgIpc) is 2.63.